The van der Waals surface area contributed by atoms with Gasteiger partial charge in [-0.25, -0.2) is 0 Å². The van der Waals surface area contributed by atoms with Crippen molar-refractivity contribution in [2.45, 2.75) is 31.3 Å². The second-order valence-electron chi connectivity index (χ2n) is 3.88. The molecular formula is C9H15N2ORb. The minimum Gasteiger partial charge on any atom is -0.520 e. The molecule has 68 valence electrons. The maximum atomic E-state index is 10.5. The summed E-state index contributed by atoms with van der Waals surface area (Å²) in [5.41, 5.74) is 0. The molecule has 2 aliphatic heterocycles. The SMILES string of the molecule is CN1C2CCC1CN([C-]=O)CC2.[Rb+]. The molecule has 0 saturated carbocycles. The number of likely N-dealkylation sites (N-methyl/N-ethyl adjacent to an activating group) is 1. The molecule has 0 aromatic heterocycles. The maximum Gasteiger partial charge on any atom is 1.00 e. The molecule has 2 aliphatic rings. The van der Waals surface area contributed by atoms with Gasteiger partial charge in [0.1, 0.15) is 0 Å². The van der Waals surface area contributed by atoms with Crippen LogP contribution in [-0.4, -0.2) is 48.4 Å². The van der Waals surface area contributed by atoms with Gasteiger partial charge in [0.15, 0.2) is 0 Å². The zero-order valence-corrected chi connectivity index (χ0v) is 13.4. The van der Waals surface area contributed by atoms with Crippen LogP contribution in [0.3, 0.4) is 0 Å². The van der Waals surface area contributed by atoms with E-state index in [4.69, 9.17) is 0 Å². The number of fused-ring (bicyclic) bond motifs is 2. The maximum absolute atomic E-state index is 10.5. The Kier molecular flexibility index (Phi) is 5.07. The van der Waals surface area contributed by atoms with Crippen LogP contribution >= 0.6 is 0 Å². The summed E-state index contributed by atoms with van der Waals surface area (Å²) < 4.78 is 0. The molecule has 2 fully saturated rings. The molecule has 0 aromatic carbocycles. The predicted octanol–water partition coefficient (Wildman–Crippen LogP) is -2.77. The first-order chi connectivity index (χ1) is 5.81. The summed E-state index contributed by atoms with van der Waals surface area (Å²) in [5.74, 6) is 0. The van der Waals surface area contributed by atoms with Gasteiger partial charge in [-0.3, -0.25) is 4.90 Å². The smallest absolute Gasteiger partial charge is 0.520 e. The second-order valence-corrected chi connectivity index (χ2v) is 3.88. The summed E-state index contributed by atoms with van der Waals surface area (Å²) >= 11 is 0. The van der Waals surface area contributed by atoms with Crippen LogP contribution in [0.2, 0.25) is 0 Å². The topological polar surface area (TPSA) is 23.6 Å². The average molecular weight is 253 g/mol. The van der Waals surface area contributed by atoms with E-state index in [2.05, 4.69) is 11.9 Å². The minimum atomic E-state index is 0. The number of amides is 1. The third kappa shape index (κ3) is 2.62. The molecule has 1 amide bonds. The summed E-state index contributed by atoms with van der Waals surface area (Å²) in [6, 6.07) is 1.31. The Morgan fingerprint density at radius 2 is 1.92 bits per heavy atom. The normalized spacial score (nSPS) is 33.8. The molecular weight excluding hydrogens is 238 g/mol. The van der Waals surface area contributed by atoms with Gasteiger partial charge in [0.25, 0.3) is 0 Å². The van der Waals surface area contributed by atoms with Gasteiger partial charge in [0, 0.05) is 18.6 Å². The van der Waals surface area contributed by atoms with E-state index in [1.807, 2.05) is 6.41 Å². The zero-order valence-electron chi connectivity index (χ0n) is 8.49. The number of rotatable bonds is 1. The molecule has 0 spiro atoms. The third-order valence-corrected chi connectivity index (χ3v) is 3.28. The van der Waals surface area contributed by atoms with Crippen LogP contribution in [0.15, 0.2) is 0 Å². The molecule has 2 rings (SSSR count). The van der Waals surface area contributed by atoms with E-state index in [0.717, 1.165) is 19.5 Å². The first-order valence-electron chi connectivity index (χ1n) is 4.66. The fourth-order valence-electron chi connectivity index (χ4n) is 2.39. The zero-order chi connectivity index (χ0) is 8.55. The Labute approximate surface area is 129 Å². The molecule has 2 unspecified atom stereocenters. The van der Waals surface area contributed by atoms with Gasteiger partial charge in [0.2, 0.25) is 0 Å². The van der Waals surface area contributed by atoms with Crippen LogP contribution in [0.25, 0.3) is 0 Å². The van der Waals surface area contributed by atoms with E-state index in [1.165, 1.54) is 12.8 Å². The largest absolute Gasteiger partial charge is 1.00 e. The summed E-state index contributed by atoms with van der Waals surface area (Å²) in [5, 5.41) is 0. The van der Waals surface area contributed by atoms with E-state index in [-0.39, 0.29) is 58.2 Å². The Hall–Kier alpha value is 1.24. The van der Waals surface area contributed by atoms with Crippen molar-refractivity contribution in [2.24, 2.45) is 0 Å². The van der Waals surface area contributed by atoms with Gasteiger partial charge in [-0.1, -0.05) is 0 Å². The molecule has 0 aliphatic carbocycles. The first-order valence-corrected chi connectivity index (χ1v) is 4.66. The molecule has 2 bridgehead atoms. The minimum absolute atomic E-state index is 0. The molecule has 0 N–H and O–H groups in total. The van der Waals surface area contributed by atoms with Crippen molar-refractivity contribution < 1.29 is 63.0 Å². The second kappa shape index (κ2) is 5.35. The molecule has 3 nitrogen and oxygen atoms in total. The molecule has 4 heteroatoms. The van der Waals surface area contributed by atoms with Crippen molar-refractivity contribution in [3.05, 3.63) is 0 Å². The monoisotopic (exact) mass is 252 g/mol. The van der Waals surface area contributed by atoms with Crippen molar-refractivity contribution in [1.29, 1.82) is 0 Å². The fraction of sp³-hybridized carbons (Fsp3) is 0.889. The Morgan fingerprint density at radius 3 is 2.62 bits per heavy atom. The van der Waals surface area contributed by atoms with Gasteiger partial charge < -0.3 is 9.69 Å². The van der Waals surface area contributed by atoms with E-state index in [1.54, 1.807) is 4.90 Å². The van der Waals surface area contributed by atoms with Crippen LogP contribution in [0.5, 0.6) is 0 Å². The van der Waals surface area contributed by atoms with Crippen LogP contribution in [0.4, 0.5) is 0 Å². The van der Waals surface area contributed by atoms with E-state index in [9.17, 15) is 4.79 Å². The van der Waals surface area contributed by atoms with Crippen LogP contribution < -0.4 is 58.2 Å². The van der Waals surface area contributed by atoms with Crippen LogP contribution in [0.1, 0.15) is 19.3 Å². The van der Waals surface area contributed by atoms with Crippen molar-refractivity contribution in [3.63, 3.8) is 0 Å². The fourth-order valence-corrected chi connectivity index (χ4v) is 2.39. The Morgan fingerprint density at radius 1 is 1.23 bits per heavy atom. The summed E-state index contributed by atoms with van der Waals surface area (Å²) in [6.45, 7) is 1.78. The van der Waals surface area contributed by atoms with Gasteiger partial charge in [-0.2, -0.15) is 6.41 Å². The average Bonchev–Trinajstić information content (AvgIpc) is 2.27. The van der Waals surface area contributed by atoms with Crippen molar-refractivity contribution in [3.8, 4) is 0 Å². The molecule has 0 radical (unpaired) electrons. The number of nitrogens with zero attached hydrogens (tertiary/aromatic N) is 2. The number of likely N-dealkylation sites (tertiary alicyclic amines) is 1. The quantitative estimate of drug-likeness (QED) is 0.472. The Balaban J connectivity index is 0.000000845. The Bertz CT molecular complexity index is 188. The van der Waals surface area contributed by atoms with E-state index >= 15 is 0 Å². The van der Waals surface area contributed by atoms with E-state index in [0.29, 0.717) is 12.1 Å². The molecule has 13 heavy (non-hydrogen) atoms. The number of hydrogen-bond donors (Lipinski definition) is 0. The van der Waals surface area contributed by atoms with Crippen LogP contribution in [0, 0.1) is 0 Å². The molecule has 2 atom stereocenters. The first kappa shape index (κ1) is 12.3. The summed E-state index contributed by atoms with van der Waals surface area (Å²) in [6.07, 6.45) is 5.70. The van der Waals surface area contributed by atoms with Crippen molar-refractivity contribution >= 4 is 6.41 Å². The molecule has 2 heterocycles. The summed E-state index contributed by atoms with van der Waals surface area (Å²) in [4.78, 5) is 14.7. The summed E-state index contributed by atoms with van der Waals surface area (Å²) in [7, 11) is 2.18. The standard InChI is InChI=1S/C9H15N2O.Rb/c1-10-8-2-3-9(10)6-11(7-12)5-4-8;/h8-9H,2-6H2,1H3;/q-1;+1. The molecule has 0 aromatic rings. The van der Waals surface area contributed by atoms with E-state index < -0.39 is 0 Å². The number of hydrogen-bond acceptors (Lipinski definition) is 2. The van der Waals surface area contributed by atoms with Crippen LogP contribution in [-0.2, 0) is 4.79 Å². The number of carbonyl (C=O) groups excluding carboxylic acids is 1. The van der Waals surface area contributed by atoms with Gasteiger partial charge in [-0.15, -0.1) is 0 Å². The van der Waals surface area contributed by atoms with Gasteiger partial charge in [-0.05, 0) is 32.9 Å². The van der Waals surface area contributed by atoms with Gasteiger partial charge >= 0.3 is 58.2 Å². The third-order valence-electron chi connectivity index (χ3n) is 3.28. The predicted molar refractivity (Wildman–Crippen MR) is 46.5 cm³/mol. The van der Waals surface area contributed by atoms with Gasteiger partial charge in [0.05, 0.1) is 0 Å². The van der Waals surface area contributed by atoms with Crippen molar-refractivity contribution in [2.75, 3.05) is 20.1 Å². The molecule has 2 saturated heterocycles. The van der Waals surface area contributed by atoms with Crippen molar-refractivity contribution in [1.82, 2.24) is 9.80 Å².